The van der Waals surface area contributed by atoms with Crippen LogP contribution >= 0.6 is 0 Å². The van der Waals surface area contributed by atoms with Crippen LogP contribution in [0.5, 0.6) is 11.5 Å². The lowest BCUT2D eigenvalue weighted by Crippen LogP contribution is -2.36. The Balaban J connectivity index is 2.13. The highest BCUT2D eigenvalue weighted by molar-refractivity contribution is 6.01. The number of amides is 1. The fraction of sp³-hybridized carbons (Fsp3) is 0.412. The van der Waals surface area contributed by atoms with E-state index in [1.807, 2.05) is 18.2 Å². The number of rotatable bonds is 3. The van der Waals surface area contributed by atoms with Crippen molar-refractivity contribution in [2.75, 3.05) is 14.2 Å². The number of nitrogens with one attached hydrogen (secondary N) is 1. The smallest absolute Gasteiger partial charge is 0.225 e. The molecule has 0 aromatic heterocycles. The molecule has 1 atom stereocenters. The van der Waals surface area contributed by atoms with Gasteiger partial charge in [0.25, 0.3) is 0 Å². The van der Waals surface area contributed by atoms with E-state index in [2.05, 4.69) is 5.32 Å². The minimum atomic E-state index is -0.262. The minimum Gasteiger partial charge on any atom is -0.497 e. The van der Waals surface area contributed by atoms with Crippen LogP contribution in [0.2, 0.25) is 0 Å². The normalized spacial score (nSPS) is 21.3. The Hall–Kier alpha value is -2.30. The van der Waals surface area contributed by atoms with Gasteiger partial charge in [0, 0.05) is 35.6 Å². The molecule has 1 heterocycles. The molecule has 0 unspecified atom stereocenters. The number of methoxy groups -OCH3 is 2. The van der Waals surface area contributed by atoms with Crippen molar-refractivity contribution in [1.29, 1.82) is 0 Å². The number of ether oxygens (including phenoxy) is 2. The van der Waals surface area contributed by atoms with E-state index >= 15 is 0 Å². The lowest BCUT2D eigenvalue weighted by Gasteiger charge is -2.31. The van der Waals surface area contributed by atoms with Crippen molar-refractivity contribution in [3.8, 4) is 11.5 Å². The highest BCUT2D eigenvalue weighted by atomic mass is 16.5. The van der Waals surface area contributed by atoms with Gasteiger partial charge < -0.3 is 14.8 Å². The zero-order valence-corrected chi connectivity index (χ0v) is 12.8. The summed E-state index contributed by atoms with van der Waals surface area (Å²) in [5.41, 5.74) is 2.35. The van der Waals surface area contributed by atoms with E-state index in [1.54, 1.807) is 14.2 Å². The Labute approximate surface area is 129 Å². The first kappa shape index (κ1) is 14.6. The van der Waals surface area contributed by atoms with Gasteiger partial charge in [-0.15, -0.1) is 0 Å². The molecule has 1 N–H and O–H groups in total. The number of carbonyl (C=O) groups is 2. The lowest BCUT2D eigenvalue weighted by atomic mass is 9.77. The van der Waals surface area contributed by atoms with Crippen LogP contribution in [0, 0.1) is 0 Å². The Morgan fingerprint density at radius 3 is 2.68 bits per heavy atom. The van der Waals surface area contributed by atoms with E-state index in [0.29, 0.717) is 17.9 Å². The molecule has 0 radical (unpaired) electrons. The Bertz CT molecular complexity index is 663. The van der Waals surface area contributed by atoms with E-state index < -0.39 is 0 Å². The number of hydrogen-bond acceptors (Lipinski definition) is 4. The third kappa shape index (κ3) is 2.47. The van der Waals surface area contributed by atoms with Crippen LogP contribution in [0.3, 0.4) is 0 Å². The average Bonchev–Trinajstić information content (AvgIpc) is 2.53. The summed E-state index contributed by atoms with van der Waals surface area (Å²) in [6.45, 7) is 0. The molecule has 0 saturated carbocycles. The third-order valence-corrected chi connectivity index (χ3v) is 4.30. The number of benzene rings is 1. The first-order chi connectivity index (χ1) is 10.6. The van der Waals surface area contributed by atoms with Crippen molar-refractivity contribution < 1.29 is 19.1 Å². The summed E-state index contributed by atoms with van der Waals surface area (Å²) < 4.78 is 10.7. The van der Waals surface area contributed by atoms with Crippen LogP contribution in [0.15, 0.2) is 29.5 Å². The Kier molecular flexibility index (Phi) is 3.88. The van der Waals surface area contributed by atoms with Crippen molar-refractivity contribution in [2.45, 2.75) is 31.6 Å². The molecule has 1 aliphatic heterocycles. The van der Waals surface area contributed by atoms with Crippen LogP contribution in [0.4, 0.5) is 0 Å². The SMILES string of the molecule is COc1ccc(OC)c([C@H]2CC(=O)NC3=C2C(=O)CCC3)c1. The highest BCUT2D eigenvalue weighted by Gasteiger charge is 2.36. The van der Waals surface area contributed by atoms with Gasteiger partial charge in [0.05, 0.1) is 14.2 Å². The number of allylic oxidation sites excluding steroid dienone is 2. The molecular weight excluding hydrogens is 282 g/mol. The van der Waals surface area contributed by atoms with E-state index in [9.17, 15) is 9.59 Å². The predicted molar refractivity (Wildman–Crippen MR) is 80.9 cm³/mol. The summed E-state index contributed by atoms with van der Waals surface area (Å²) in [5, 5.41) is 2.86. The topological polar surface area (TPSA) is 64.6 Å². The van der Waals surface area contributed by atoms with Gasteiger partial charge in [-0.3, -0.25) is 9.59 Å². The summed E-state index contributed by atoms with van der Waals surface area (Å²) in [6.07, 6.45) is 2.33. The average molecular weight is 301 g/mol. The maximum Gasteiger partial charge on any atom is 0.225 e. The van der Waals surface area contributed by atoms with Gasteiger partial charge in [-0.1, -0.05) is 0 Å². The van der Waals surface area contributed by atoms with Gasteiger partial charge in [-0.05, 0) is 31.0 Å². The largest absolute Gasteiger partial charge is 0.497 e. The number of ketones is 1. The first-order valence-electron chi connectivity index (χ1n) is 7.42. The third-order valence-electron chi connectivity index (χ3n) is 4.30. The monoisotopic (exact) mass is 301 g/mol. The molecule has 5 nitrogen and oxygen atoms in total. The molecule has 1 aromatic carbocycles. The quantitative estimate of drug-likeness (QED) is 0.930. The fourth-order valence-electron chi connectivity index (χ4n) is 3.28. The van der Waals surface area contributed by atoms with E-state index in [-0.39, 0.29) is 24.0 Å². The second-order valence-electron chi connectivity index (χ2n) is 5.58. The molecule has 1 aromatic rings. The van der Waals surface area contributed by atoms with Crippen LogP contribution in [0.1, 0.15) is 37.2 Å². The van der Waals surface area contributed by atoms with Crippen molar-refractivity contribution in [2.24, 2.45) is 0 Å². The summed E-state index contributed by atoms with van der Waals surface area (Å²) in [7, 11) is 3.18. The summed E-state index contributed by atoms with van der Waals surface area (Å²) in [4.78, 5) is 24.4. The van der Waals surface area contributed by atoms with Gasteiger partial charge in [0.2, 0.25) is 5.91 Å². The van der Waals surface area contributed by atoms with Crippen LogP contribution in [0.25, 0.3) is 0 Å². The van der Waals surface area contributed by atoms with Crippen LogP contribution < -0.4 is 14.8 Å². The zero-order chi connectivity index (χ0) is 15.7. The van der Waals surface area contributed by atoms with Crippen molar-refractivity contribution in [1.82, 2.24) is 5.32 Å². The molecule has 22 heavy (non-hydrogen) atoms. The molecule has 1 aliphatic carbocycles. The highest BCUT2D eigenvalue weighted by Crippen LogP contribution is 2.42. The molecule has 1 amide bonds. The molecule has 5 heteroatoms. The summed E-state index contributed by atoms with van der Waals surface area (Å²) >= 11 is 0. The van der Waals surface area contributed by atoms with Crippen LogP contribution in [-0.2, 0) is 9.59 Å². The van der Waals surface area contributed by atoms with Gasteiger partial charge in [0.15, 0.2) is 5.78 Å². The van der Waals surface area contributed by atoms with E-state index in [0.717, 1.165) is 29.7 Å². The first-order valence-corrected chi connectivity index (χ1v) is 7.42. The summed E-state index contributed by atoms with van der Waals surface area (Å²) in [5.74, 6) is 1.17. The molecule has 3 rings (SSSR count). The molecule has 0 fully saturated rings. The molecule has 0 bridgehead atoms. The van der Waals surface area contributed by atoms with Gasteiger partial charge >= 0.3 is 0 Å². The lowest BCUT2D eigenvalue weighted by molar-refractivity contribution is -0.122. The molecule has 2 aliphatic rings. The van der Waals surface area contributed by atoms with E-state index in [1.165, 1.54) is 0 Å². The standard InChI is InChI=1S/C17H19NO4/c1-21-10-6-7-15(22-2)11(8-10)12-9-16(20)18-13-4-3-5-14(19)17(12)13/h6-8,12H,3-5,9H2,1-2H3,(H,18,20)/t12-/m1/s1. The van der Waals surface area contributed by atoms with Crippen molar-refractivity contribution in [3.05, 3.63) is 35.0 Å². The van der Waals surface area contributed by atoms with Crippen LogP contribution in [-0.4, -0.2) is 25.9 Å². The van der Waals surface area contributed by atoms with Gasteiger partial charge in [-0.25, -0.2) is 0 Å². The zero-order valence-electron chi connectivity index (χ0n) is 12.8. The maximum atomic E-state index is 12.4. The Morgan fingerprint density at radius 2 is 1.95 bits per heavy atom. The maximum absolute atomic E-state index is 12.4. The number of hydrogen-bond donors (Lipinski definition) is 1. The van der Waals surface area contributed by atoms with Gasteiger partial charge in [0.1, 0.15) is 11.5 Å². The number of carbonyl (C=O) groups excluding carboxylic acids is 2. The fourth-order valence-corrected chi connectivity index (χ4v) is 3.28. The minimum absolute atomic E-state index is 0.0525. The predicted octanol–water partition coefficient (Wildman–Crippen LogP) is 2.31. The Morgan fingerprint density at radius 1 is 1.14 bits per heavy atom. The molecular formula is C17H19NO4. The van der Waals surface area contributed by atoms with Gasteiger partial charge in [-0.2, -0.15) is 0 Å². The molecule has 0 saturated heterocycles. The number of Topliss-reactive ketones (excluding diaryl/α,β-unsaturated/α-hetero) is 1. The second-order valence-corrected chi connectivity index (χ2v) is 5.58. The van der Waals surface area contributed by atoms with E-state index in [4.69, 9.17) is 9.47 Å². The second kappa shape index (κ2) is 5.83. The van der Waals surface area contributed by atoms with Crippen molar-refractivity contribution >= 4 is 11.7 Å². The molecule has 116 valence electrons. The summed E-state index contributed by atoms with van der Waals surface area (Å²) in [6, 6.07) is 5.48. The van der Waals surface area contributed by atoms with Crippen molar-refractivity contribution in [3.63, 3.8) is 0 Å². The molecule has 0 spiro atoms.